The van der Waals surface area contributed by atoms with Crippen LogP contribution in [-0.4, -0.2) is 36.0 Å². The van der Waals surface area contributed by atoms with Crippen molar-refractivity contribution >= 4 is 11.6 Å². The van der Waals surface area contributed by atoms with Crippen molar-refractivity contribution in [3.8, 4) is 0 Å². The molecule has 1 saturated heterocycles. The second kappa shape index (κ2) is 5.40. The number of nitrogens with one attached hydrogen (secondary N) is 1. The molecule has 0 spiro atoms. The van der Waals surface area contributed by atoms with Crippen LogP contribution in [0.1, 0.15) is 19.8 Å². The van der Waals surface area contributed by atoms with Crippen molar-refractivity contribution < 1.29 is 4.79 Å². The number of benzene rings is 1. The van der Waals surface area contributed by atoms with Crippen molar-refractivity contribution in [3.05, 3.63) is 30.3 Å². The van der Waals surface area contributed by atoms with E-state index in [-0.39, 0.29) is 5.91 Å². The van der Waals surface area contributed by atoms with Gasteiger partial charge in [0.2, 0.25) is 5.91 Å². The molecule has 1 fully saturated rings. The molecule has 1 aromatic rings. The van der Waals surface area contributed by atoms with Crippen molar-refractivity contribution in [2.75, 3.05) is 25.0 Å². The fourth-order valence-electron chi connectivity index (χ4n) is 2.48. The lowest BCUT2D eigenvalue weighted by Gasteiger charge is -2.40. The minimum Gasteiger partial charge on any atom is -0.371 e. The molecule has 1 aliphatic rings. The van der Waals surface area contributed by atoms with Crippen molar-refractivity contribution in [2.45, 2.75) is 25.3 Å². The highest BCUT2D eigenvalue weighted by Crippen LogP contribution is 2.26. The molecule has 0 aromatic heterocycles. The van der Waals surface area contributed by atoms with Gasteiger partial charge in [-0.15, -0.1) is 0 Å². The molecule has 3 N–H and O–H groups in total. The Morgan fingerprint density at radius 2 is 1.94 bits per heavy atom. The Labute approximate surface area is 108 Å². The van der Waals surface area contributed by atoms with Gasteiger partial charge in [0.15, 0.2) is 0 Å². The maximum Gasteiger partial charge on any atom is 0.243 e. The topological polar surface area (TPSA) is 58.4 Å². The van der Waals surface area contributed by atoms with Crippen LogP contribution in [0.2, 0.25) is 0 Å². The Balaban J connectivity index is 2.12. The third-order valence-electron chi connectivity index (χ3n) is 3.79. The number of carbonyl (C=O) groups excluding carboxylic acids is 1. The summed E-state index contributed by atoms with van der Waals surface area (Å²) in [7, 11) is 0. The van der Waals surface area contributed by atoms with Gasteiger partial charge in [-0.1, -0.05) is 25.1 Å². The highest BCUT2D eigenvalue weighted by molar-refractivity contribution is 5.88. The van der Waals surface area contributed by atoms with E-state index in [1.165, 1.54) is 0 Å². The minimum atomic E-state index is -0.590. The van der Waals surface area contributed by atoms with Crippen LogP contribution in [0.4, 0.5) is 5.69 Å². The Morgan fingerprint density at radius 1 is 1.33 bits per heavy atom. The second-order valence-corrected chi connectivity index (χ2v) is 4.87. The van der Waals surface area contributed by atoms with Gasteiger partial charge < -0.3 is 16.0 Å². The first-order chi connectivity index (χ1) is 8.66. The smallest absolute Gasteiger partial charge is 0.243 e. The normalized spacial score (nSPS) is 19.4. The summed E-state index contributed by atoms with van der Waals surface area (Å²) >= 11 is 0. The molecule has 0 radical (unpaired) electrons. The number of rotatable bonds is 4. The van der Waals surface area contributed by atoms with Crippen LogP contribution in [0.3, 0.4) is 0 Å². The van der Waals surface area contributed by atoms with Crippen molar-refractivity contribution in [3.63, 3.8) is 0 Å². The number of nitrogens with zero attached hydrogens (tertiary/aromatic N) is 1. The molecular weight excluding hydrogens is 226 g/mol. The van der Waals surface area contributed by atoms with E-state index >= 15 is 0 Å². The largest absolute Gasteiger partial charge is 0.371 e. The second-order valence-electron chi connectivity index (χ2n) is 4.87. The third kappa shape index (κ3) is 2.64. The van der Waals surface area contributed by atoms with E-state index in [0.717, 1.165) is 38.2 Å². The summed E-state index contributed by atoms with van der Waals surface area (Å²) in [4.78, 5) is 14.2. The maximum absolute atomic E-state index is 11.8. The van der Waals surface area contributed by atoms with E-state index < -0.39 is 5.54 Å². The Bertz CT molecular complexity index is 397. The van der Waals surface area contributed by atoms with Crippen LogP contribution in [-0.2, 0) is 4.79 Å². The van der Waals surface area contributed by atoms with Crippen molar-refractivity contribution in [1.82, 2.24) is 4.90 Å². The van der Waals surface area contributed by atoms with Gasteiger partial charge in [0.25, 0.3) is 0 Å². The van der Waals surface area contributed by atoms with Crippen LogP contribution in [0.15, 0.2) is 30.3 Å². The summed E-state index contributed by atoms with van der Waals surface area (Å²) in [6, 6.07) is 9.81. The first-order valence-corrected chi connectivity index (χ1v) is 6.52. The average molecular weight is 247 g/mol. The predicted octanol–water partition coefficient (Wildman–Crippen LogP) is 1.44. The lowest BCUT2D eigenvalue weighted by molar-refractivity contribution is -0.123. The molecule has 4 nitrogen and oxygen atoms in total. The zero-order valence-electron chi connectivity index (χ0n) is 10.9. The summed E-state index contributed by atoms with van der Waals surface area (Å²) < 4.78 is 0. The van der Waals surface area contributed by atoms with Crippen LogP contribution >= 0.6 is 0 Å². The molecule has 1 amide bonds. The van der Waals surface area contributed by atoms with Gasteiger partial charge in [0, 0.05) is 18.8 Å². The SMILES string of the molecule is CCN1CCC(Nc2ccccc2)(C(N)=O)CC1. The lowest BCUT2D eigenvalue weighted by Crippen LogP contribution is -2.57. The summed E-state index contributed by atoms with van der Waals surface area (Å²) in [5, 5.41) is 3.34. The number of likely N-dealkylation sites (tertiary alicyclic amines) is 1. The number of primary amides is 1. The maximum atomic E-state index is 11.8. The van der Waals surface area contributed by atoms with E-state index in [1.54, 1.807) is 0 Å². The molecule has 0 saturated carbocycles. The number of anilines is 1. The van der Waals surface area contributed by atoms with Gasteiger partial charge in [-0.3, -0.25) is 4.79 Å². The molecule has 18 heavy (non-hydrogen) atoms. The molecule has 0 unspecified atom stereocenters. The van der Waals surface area contributed by atoms with Crippen molar-refractivity contribution in [1.29, 1.82) is 0 Å². The van der Waals surface area contributed by atoms with E-state index in [2.05, 4.69) is 17.1 Å². The standard InChI is InChI=1S/C14H21N3O/c1-2-17-10-8-14(9-11-17,13(15)18)16-12-6-4-3-5-7-12/h3-7,16H,2,8-11H2,1H3,(H2,15,18). The summed E-state index contributed by atoms with van der Waals surface area (Å²) in [6.45, 7) is 5.00. The molecule has 1 aliphatic heterocycles. The summed E-state index contributed by atoms with van der Waals surface area (Å²) in [5.41, 5.74) is 5.99. The van der Waals surface area contributed by atoms with Gasteiger partial charge in [-0.25, -0.2) is 0 Å². The number of hydrogen-bond donors (Lipinski definition) is 2. The Hall–Kier alpha value is -1.55. The summed E-state index contributed by atoms with van der Waals surface area (Å²) in [5.74, 6) is -0.248. The van der Waals surface area contributed by atoms with E-state index in [0.29, 0.717) is 0 Å². The quantitative estimate of drug-likeness (QED) is 0.846. The fourth-order valence-corrected chi connectivity index (χ4v) is 2.48. The van der Waals surface area contributed by atoms with Crippen LogP contribution in [0.5, 0.6) is 0 Å². The number of para-hydroxylation sites is 1. The highest BCUT2D eigenvalue weighted by atomic mass is 16.1. The van der Waals surface area contributed by atoms with E-state index in [4.69, 9.17) is 5.73 Å². The van der Waals surface area contributed by atoms with Gasteiger partial charge in [-0.05, 0) is 31.5 Å². The van der Waals surface area contributed by atoms with Gasteiger partial charge in [-0.2, -0.15) is 0 Å². The number of carbonyl (C=O) groups is 1. The molecule has 1 aromatic carbocycles. The van der Waals surface area contributed by atoms with Crippen LogP contribution in [0, 0.1) is 0 Å². The molecule has 1 heterocycles. The molecule has 0 aliphatic carbocycles. The predicted molar refractivity (Wildman–Crippen MR) is 73.3 cm³/mol. The molecule has 4 heteroatoms. The van der Waals surface area contributed by atoms with Gasteiger partial charge >= 0.3 is 0 Å². The first-order valence-electron chi connectivity index (χ1n) is 6.52. The number of hydrogen-bond acceptors (Lipinski definition) is 3. The third-order valence-corrected chi connectivity index (χ3v) is 3.79. The van der Waals surface area contributed by atoms with Crippen molar-refractivity contribution in [2.24, 2.45) is 5.73 Å². The van der Waals surface area contributed by atoms with Gasteiger partial charge in [0.1, 0.15) is 5.54 Å². The van der Waals surface area contributed by atoms with Crippen LogP contribution < -0.4 is 11.1 Å². The van der Waals surface area contributed by atoms with E-state index in [1.807, 2.05) is 30.3 Å². The number of nitrogens with two attached hydrogens (primary N) is 1. The molecule has 0 atom stereocenters. The molecule has 0 bridgehead atoms. The van der Waals surface area contributed by atoms with E-state index in [9.17, 15) is 4.79 Å². The fraction of sp³-hybridized carbons (Fsp3) is 0.500. The minimum absolute atomic E-state index is 0.248. The Morgan fingerprint density at radius 3 is 2.44 bits per heavy atom. The van der Waals surface area contributed by atoms with Crippen LogP contribution in [0.25, 0.3) is 0 Å². The zero-order valence-corrected chi connectivity index (χ0v) is 10.9. The van der Waals surface area contributed by atoms with Gasteiger partial charge in [0.05, 0.1) is 0 Å². The molecular formula is C14H21N3O. The zero-order chi connectivity index (χ0) is 13.0. The Kier molecular flexibility index (Phi) is 3.87. The average Bonchev–Trinajstić information content (AvgIpc) is 2.40. The first kappa shape index (κ1) is 12.9. The monoisotopic (exact) mass is 247 g/mol. The molecule has 98 valence electrons. The lowest BCUT2D eigenvalue weighted by atomic mass is 9.86. The number of piperidine rings is 1. The highest BCUT2D eigenvalue weighted by Gasteiger charge is 2.39. The summed E-state index contributed by atoms with van der Waals surface area (Å²) in [6.07, 6.45) is 1.54. The molecule has 2 rings (SSSR count). The number of amides is 1.